The number of nitrogens with one attached hydrogen (secondary N) is 1. The first-order valence-corrected chi connectivity index (χ1v) is 5.04. The summed E-state index contributed by atoms with van der Waals surface area (Å²) in [5.74, 6) is 6.83. The molecule has 0 fully saturated rings. The molecule has 4 nitrogen and oxygen atoms in total. The Morgan fingerprint density at radius 1 is 1.38 bits per heavy atom. The standard InChI is InChI=1S/C12H18N2O2/c1-4-10(14-13)7-9-5-6-11(15-2)12(8-9)16-3/h4-6,8,10,14H,1,7,13H2,2-3H3. The lowest BCUT2D eigenvalue weighted by Gasteiger charge is -2.13. The topological polar surface area (TPSA) is 56.5 Å². The van der Waals surface area contributed by atoms with Crippen molar-refractivity contribution in [2.24, 2.45) is 5.84 Å². The number of ether oxygens (including phenoxy) is 2. The Balaban J connectivity index is 2.86. The fourth-order valence-electron chi connectivity index (χ4n) is 1.47. The van der Waals surface area contributed by atoms with E-state index in [0.29, 0.717) is 0 Å². The third-order valence-corrected chi connectivity index (χ3v) is 2.40. The lowest BCUT2D eigenvalue weighted by Crippen LogP contribution is -2.34. The molecule has 1 aromatic carbocycles. The Morgan fingerprint density at radius 3 is 2.56 bits per heavy atom. The molecule has 1 atom stereocenters. The third-order valence-electron chi connectivity index (χ3n) is 2.40. The van der Waals surface area contributed by atoms with Gasteiger partial charge in [-0.15, -0.1) is 6.58 Å². The van der Waals surface area contributed by atoms with E-state index in [2.05, 4.69) is 12.0 Å². The summed E-state index contributed by atoms with van der Waals surface area (Å²) in [6, 6.07) is 5.85. The van der Waals surface area contributed by atoms with Crippen LogP contribution in [0.4, 0.5) is 0 Å². The molecule has 0 amide bonds. The smallest absolute Gasteiger partial charge is 0.160 e. The van der Waals surface area contributed by atoms with Crippen LogP contribution in [0.25, 0.3) is 0 Å². The molecular weight excluding hydrogens is 204 g/mol. The van der Waals surface area contributed by atoms with Crippen molar-refractivity contribution in [3.63, 3.8) is 0 Å². The monoisotopic (exact) mass is 222 g/mol. The Bertz CT molecular complexity index is 353. The summed E-state index contributed by atoms with van der Waals surface area (Å²) in [5.41, 5.74) is 3.79. The van der Waals surface area contributed by atoms with E-state index < -0.39 is 0 Å². The average Bonchev–Trinajstić information content (AvgIpc) is 2.35. The highest BCUT2D eigenvalue weighted by molar-refractivity contribution is 5.43. The number of methoxy groups -OCH3 is 2. The van der Waals surface area contributed by atoms with Crippen LogP contribution in [0.2, 0.25) is 0 Å². The van der Waals surface area contributed by atoms with E-state index in [-0.39, 0.29) is 6.04 Å². The summed E-state index contributed by atoms with van der Waals surface area (Å²) in [7, 11) is 3.24. The maximum absolute atomic E-state index is 5.38. The van der Waals surface area contributed by atoms with Gasteiger partial charge >= 0.3 is 0 Å². The highest BCUT2D eigenvalue weighted by atomic mass is 16.5. The van der Waals surface area contributed by atoms with E-state index in [1.807, 2.05) is 18.2 Å². The molecule has 0 aliphatic carbocycles. The molecule has 0 aliphatic heterocycles. The van der Waals surface area contributed by atoms with Gasteiger partial charge in [-0.3, -0.25) is 11.3 Å². The fraction of sp³-hybridized carbons (Fsp3) is 0.333. The lowest BCUT2D eigenvalue weighted by atomic mass is 10.1. The zero-order chi connectivity index (χ0) is 12.0. The molecule has 0 aliphatic rings. The minimum Gasteiger partial charge on any atom is -0.493 e. The maximum atomic E-state index is 5.38. The fourth-order valence-corrected chi connectivity index (χ4v) is 1.47. The van der Waals surface area contributed by atoms with Crippen LogP contribution in [0.3, 0.4) is 0 Å². The summed E-state index contributed by atoms with van der Waals surface area (Å²) in [4.78, 5) is 0. The van der Waals surface area contributed by atoms with Crippen molar-refractivity contribution in [1.29, 1.82) is 0 Å². The predicted molar refractivity (Wildman–Crippen MR) is 64.6 cm³/mol. The van der Waals surface area contributed by atoms with Crippen LogP contribution in [0.1, 0.15) is 5.56 Å². The van der Waals surface area contributed by atoms with E-state index >= 15 is 0 Å². The Morgan fingerprint density at radius 2 is 2.06 bits per heavy atom. The van der Waals surface area contributed by atoms with Crippen LogP contribution >= 0.6 is 0 Å². The van der Waals surface area contributed by atoms with Gasteiger partial charge in [-0.25, -0.2) is 0 Å². The molecule has 1 unspecified atom stereocenters. The molecule has 0 spiro atoms. The number of hydrazine groups is 1. The second-order valence-electron chi connectivity index (χ2n) is 3.40. The summed E-state index contributed by atoms with van der Waals surface area (Å²) in [6.07, 6.45) is 2.54. The van der Waals surface area contributed by atoms with Crippen molar-refractivity contribution in [3.8, 4) is 11.5 Å². The van der Waals surface area contributed by atoms with Gasteiger partial charge in [-0.05, 0) is 24.1 Å². The van der Waals surface area contributed by atoms with E-state index in [9.17, 15) is 0 Å². The zero-order valence-corrected chi connectivity index (χ0v) is 9.69. The molecule has 16 heavy (non-hydrogen) atoms. The van der Waals surface area contributed by atoms with Gasteiger partial charge in [0.25, 0.3) is 0 Å². The predicted octanol–water partition coefficient (Wildman–Crippen LogP) is 1.26. The van der Waals surface area contributed by atoms with Crippen molar-refractivity contribution in [1.82, 2.24) is 5.43 Å². The summed E-state index contributed by atoms with van der Waals surface area (Å²) in [6.45, 7) is 3.71. The van der Waals surface area contributed by atoms with Crippen molar-refractivity contribution in [2.45, 2.75) is 12.5 Å². The van der Waals surface area contributed by atoms with Gasteiger partial charge in [-0.2, -0.15) is 0 Å². The van der Waals surface area contributed by atoms with Crippen LogP contribution in [-0.2, 0) is 6.42 Å². The molecular formula is C12H18N2O2. The number of hydrogen-bond donors (Lipinski definition) is 2. The Labute approximate surface area is 96.0 Å². The summed E-state index contributed by atoms with van der Waals surface area (Å²) >= 11 is 0. The van der Waals surface area contributed by atoms with Crippen molar-refractivity contribution < 1.29 is 9.47 Å². The number of hydrogen-bond acceptors (Lipinski definition) is 4. The first-order chi connectivity index (χ1) is 7.74. The van der Waals surface area contributed by atoms with Crippen LogP contribution in [0.5, 0.6) is 11.5 Å². The van der Waals surface area contributed by atoms with Gasteiger partial charge in [-0.1, -0.05) is 12.1 Å². The van der Waals surface area contributed by atoms with E-state index in [1.54, 1.807) is 20.3 Å². The van der Waals surface area contributed by atoms with Gasteiger partial charge in [0.1, 0.15) is 0 Å². The second-order valence-corrected chi connectivity index (χ2v) is 3.40. The minimum absolute atomic E-state index is 0.0538. The first-order valence-electron chi connectivity index (χ1n) is 5.04. The molecule has 4 heteroatoms. The van der Waals surface area contributed by atoms with Gasteiger partial charge in [0.15, 0.2) is 11.5 Å². The van der Waals surface area contributed by atoms with Gasteiger partial charge in [0.05, 0.1) is 14.2 Å². The van der Waals surface area contributed by atoms with Crippen molar-refractivity contribution in [2.75, 3.05) is 14.2 Å². The molecule has 0 heterocycles. The normalized spacial score (nSPS) is 11.9. The van der Waals surface area contributed by atoms with E-state index in [1.165, 1.54) is 0 Å². The maximum Gasteiger partial charge on any atom is 0.160 e. The van der Waals surface area contributed by atoms with Crippen LogP contribution in [0, 0.1) is 0 Å². The molecule has 3 N–H and O–H groups in total. The molecule has 1 rings (SSSR count). The molecule has 0 radical (unpaired) electrons. The van der Waals surface area contributed by atoms with Crippen LogP contribution < -0.4 is 20.7 Å². The van der Waals surface area contributed by atoms with E-state index in [0.717, 1.165) is 23.5 Å². The second kappa shape index (κ2) is 6.15. The number of benzene rings is 1. The summed E-state index contributed by atoms with van der Waals surface area (Å²) < 4.78 is 10.4. The first kappa shape index (κ1) is 12.5. The molecule has 0 aromatic heterocycles. The number of nitrogens with two attached hydrogens (primary N) is 1. The summed E-state index contributed by atoms with van der Waals surface area (Å²) in [5, 5.41) is 0. The highest BCUT2D eigenvalue weighted by Gasteiger charge is 2.07. The zero-order valence-electron chi connectivity index (χ0n) is 9.69. The number of rotatable bonds is 6. The van der Waals surface area contributed by atoms with Crippen molar-refractivity contribution >= 4 is 0 Å². The van der Waals surface area contributed by atoms with Gasteiger partial charge in [0.2, 0.25) is 0 Å². The van der Waals surface area contributed by atoms with Crippen LogP contribution in [0.15, 0.2) is 30.9 Å². The minimum atomic E-state index is 0.0538. The molecule has 1 aromatic rings. The highest BCUT2D eigenvalue weighted by Crippen LogP contribution is 2.27. The van der Waals surface area contributed by atoms with E-state index in [4.69, 9.17) is 15.3 Å². The van der Waals surface area contributed by atoms with Crippen molar-refractivity contribution in [3.05, 3.63) is 36.4 Å². The Hall–Kier alpha value is -1.52. The SMILES string of the molecule is C=CC(Cc1ccc(OC)c(OC)c1)NN. The Kier molecular flexibility index (Phi) is 4.82. The van der Waals surface area contributed by atoms with Gasteiger partial charge in [0, 0.05) is 6.04 Å². The lowest BCUT2D eigenvalue weighted by molar-refractivity contribution is 0.354. The largest absolute Gasteiger partial charge is 0.493 e. The van der Waals surface area contributed by atoms with Gasteiger partial charge < -0.3 is 9.47 Å². The molecule has 88 valence electrons. The molecule has 0 saturated heterocycles. The molecule has 0 bridgehead atoms. The quantitative estimate of drug-likeness (QED) is 0.432. The molecule has 0 saturated carbocycles. The third kappa shape index (κ3) is 2.98. The van der Waals surface area contributed by atoms with Crippen LogP contribution in [-0.4, -0.2) is 20.3 Å². The average molecular weight is 222 g/mol.